The Bertz CT molecular complexity index is 798. The van der Waals surface area contributed by atoms with Crippen molar-refractivity contribution >= 4 is 15.9 Å². The van der Waals surface area contributed by atoms with Crippen molar-refractivity contribution in [1.82, 2.24) is 14.1 Å². The highest BCUT2D eigenvalue weighted by molar-refractivity contribution is 7.89. The van der Waals surface area contributed by atoms with Crippen LogP contribution >= 0.6 is 0 Å². The van der Waals surface area contributed by atoms with Gasteiger partial charge in [0.25, 0.3) is 0 Å². The maximum atomic E-state index is 12.8. The summed E-state index contributed by atoms with van der Waals surface area (Å²) in [5.74, 6) is 0.141. The van der Waals surface area contributed by atoms with Gasteiger partial charge in [0.05, 0.1) is 4.90 Å². The third-order valence-electron chi connectivity index (χ3n) is 6.92. The lowest BCUT2D eigenvalue weighted by atomic mass is 9.94. The Hall–Kier alpha value is -1.44. The largest absolute Gasteiger partial charge is 0.344 e. The number of hydrogen-bond acceptors (Lipinski definition) is 4. The summed E-state index contributed by atoms with van der Waals surface area (Å²) in [4.78, 5) is 17.1. The number of sulfonamides is 1. The fourth-order valence-corrected chi connectivity index (χ4v) is 6.18. The molecule has 2 fully saturated rings. The van der Waals surface area contributed by atoms with Gasteiger partial charge in [0.1, 0.15) is 0 Å². The maximum Gasteiger partial charge on any atom is 0.243 e. The van der Waals surface area contributed by atoms with Crippen molar-refractivity contribution in [2.24, 2.45) is 0 Å². The average Bonchev–Trinajstić information content (AvgIpc) is 2.82. The van der Waals surface area contributed by atoms with Gasteiger partial charge in [0.15, 0.2) is 0 Å². The van der Waals surface area contributed by atoms with Gasteiger partial charge in [-0.2, -0.15) is 4.31 Å². The number of amides is 1. The number of aryl methyl sites for hydroxylation is 1. The van der Waals surface area contributed by atoms with Crippen LogP contribution in [0, 0.1) is 0 Å². The molecule has 0 radical (unpaired) electrons. The second kappa shape index (κ2) is 11.4. The monoisotopic (exact) mass is 449 g/mol. The maximum absolute atomic E-state index is 12.8. The number of hydrogen-bond donors (Lipinski definition) is 0. The van der Waals surface area contributed by atoms with E-state index < -0.39 is 10.0 Å². The smallest absolute Gasteiger partial charge is 0.243 e. The van der Waals surface area contributed by atoms with Crippen molar-refractivity contribution < 1.29 is 13.2 Å². The molecule has 1 amide bonds. The Balaban J connectivity index is 1.44. The molecule has 1 heterocycles. The van der Waals surface area contributed by atoms with Crippen LogP contribution in [-0.2, 0) is 21.2 Å². The number of benzene rings is 1. The molecule has 3 rings (SSSR count). The highest BCUT2D eigenvalue weighted by Gasteiger charge is 2.25. The fourth-order valence-electron chi connectivity index (χ4n) is 4.66. The van der Waals surface area contributed by atoms with Crippen LogP contribution < -0.4 is 0 Å². The van der Waals surface area contributed by atoms with E-state index >= 15 is 0 Å². The molecule has 1 aromatic carbocycles. The fraction of sp³-hybridized carbons (Fsp3) is 0.708. The zero-order chi connectivity index (χ0) is 22.3. The molecular formula is C24H39N3O3S. The standard InChI is InChI=1S/C24H39N3O3S/c1-25(22-9-5-3-6-10-22)19-20-26(2)24(28)16-13-21-11-14-23(15-12-21)31(29,30)27-17-7-4-8-18-27/h11-12,14-15,22H,3-10,13,16-20H2,1-2H3. The molecule has 31 heavy (non-hydrogen) atoms. The lowest BCUT2D eigenvalue weighted by Gasteiger charge is -2.32. The third kappa shape index (κ3) is 6.77. The van der Waals surface area contributed by atoms with Crippen molar-refractivity contribution in [2.45, 2.75) is 75.1 Å². The molecule has 0 atom stereocenters. The van der Waals surface area contributed by atoms with E-state index in [4.69, 9.17) is 0 Å². The molecule has 0 spiro atoms. The Labute approximate surface area is 188 Å². The number of rotatable bonds is 9. The molecule has 1 aliphatic carbocycles. The van der Waals surface area contributed by atoms with Gasteiger partial charge in [0.2, 0.25) is 15.9 Å². The van der Waals surface area contributed by atoms with Gasteiger partial charge >= 0.3 is 0 Å². The summed E-state index contributed by atoms with van der Waals surface area (Å²) >= 11 is 0. The lowest BCUT2D eigenvalue weighted by molar-refractivity contribution is -0.130. The van der Waals surface area contributed by atoms with Crippen molar-refractivity contribution in [1.29, 1.82) is 0 Å². The third-order valence-corrected chi connectivity index (χ3v) is 8.83. The van der Waals surface area contributed by atoms with Crippen molar-refractivity contribution in [3.63, 3.8) is 0 Å². The Morgan fingerprint density at radius 3 is 2.19 bits per heavy atom. The molecule has 2 aliphatic rings. The van der Waals surface area contributed by atoms with Crippen LogP contribution in [0.3, 0.4) is 0 Å². The number of nitrogens with zero attached hydrogens (tertiary/aromatic N) is 3. The second-order valence-corrected chi connectivity index (χ2v) is 11.1. The molecule has 1 saturated carbocycles. The predicted octanol–water partition coefficient (Wildman–Crippen LogP) is 3.52. The summed E-state index contributed by atoms with van der Waals surface area (Å²) in [5, 5.41) is 0. The minimum absolute atomic E-state index is 0.141. The van der Waals surface area contributed by atoms with Crippen molar-refractivity contribution in [3.8, 4) is 0 Å². The average molecular weight is 450 g/mol. The van der Waals surface area contributed by atoms with Crippen LogP contribution in [0.2, 0.25) is 0 Å². The molecule has 1 aromatic rings. The van der Waals surface area contributed by atoms with E-state index in [0.29, 0.717) is 36.9 Å². The van der Waals surface area contributed by atoms with Crippen LogP contribution in [0.25, 0.3) is 0 Å². The van der Waals surface area contributed by atoms with Gasteiger partial charge in [-0.3, -0.25) is 4.79 Å². The van der Waals surface area contributed by atoms with Gasteiger partial charge in [-0.05, 0) is 56.8 Å². The minimum atomic E-state index is -3.39. The number of carbonyl (C=O) groups is 1. The Morgan fingerprint density at radius 2 is 1.55 bits per heavy atom. The van der Waals surface area contributed by atoms with E-state index in [0.717, 1.165) is 37.9 Å². The Morgan fingerprint density at radius 1 is 0.935 bits per heavy atom. The number of likely N-dealkylation sites (N-methyl/N-ethyl adjacent to an activating group) is 2. The first-order chi connectivity index (χ1) is 14.9. The van der Waals surface area contributed by atoms with Gasteiger partial charge in [-0.1, -0.05) is 37.8 Å². The van der Waals surface area contributed by atoms with Crippen LogP contribution in [-0.4, -0.2) is 74.7 Å². The molecule has 0 bridgehead atoms. The normalized spacial score (nSPS) is 18.9. The van der Waals surface area contributed by atoms with E-state index in [1.54, 1.807) is 16.4 Å². The van der Waals surface area contributed by atoms with E-state index in [1.807, 2.05) is 24.1 Å². The molecule has 174 valence electrons. The van der Waals surface area contributed by atoms with Crippen LogP contribution in [0.15, 0.2) is 29.2 Å². The van der Waals surface area contributed by atoms with E-state index in [-0.39, 0.29) is 5.91 Å². The summed E-state index contributed by atoms with van der Waals surface area (Å²) in [7, 11) is 0.660. The summed E-state index contributed by atoms with van der Waals surface area (Å²) in [5.41, 5.74) is 0.999. The molecule has 6 nitrogen and oxygen atoms in total. The lowest BCUT2D eigenvalue weighted by Crippen LogP contribution is -2.40. The summed E-state index contributed by atoms with van der Waals surface area (Å²) in [6.45, 7) is 2.89. The first-order valence-corrected chi connectivity index (χ1v) is 13.4. The van der Waals surface area contributed by atoms with Gasteiger partial charge in [-0.15, -0.1) is 0 Å². The van der Waals surface area contributed by atoms with Crippen molar-refractivity contribution in [3.05, 3.63) is 29.8 Å². The zero-order valence-electron chi connectivity index (χ0n) is 19.3. The summed E-state index contributed by atoms with van der Waals surface area (Å²) in [6, 6.07) is 7.73. The molecule has 0 N–H and O–H groups in total. The molecular weight excluding hydrogens is 410 g/mol. The van der Waals surface area contributed by atoms with Gasteiger partial charge in [-0.25, -0.2) is 8.42 Å². The topological polar surface area (TPSA) is 60.9 Å². The first kappa shape index (κ1) is 24.2. The van der Waals surface area contributed by atoms with E-state index in [1.165, 1.54) is 32.1 Å². The van der Waals surface area contributed by atoms with Gasteiger partial charge < -0.3 is 9.80 Å². The summed E-state index contributed by atoms with van der Waals surface area (Å²) in [6.07, 6.45) is 10.6. The second-order valence-electron chi connectivity index (χ2n) is 9.20. The van der Waals surface area contributed by atoms with Crippen LogP contribution in [0.1, 0.15) is 63.4 Å². The van der Waals surface area contributed by atoms with Crippen LogP contribution in [0.4, 0.5) is 0 Å². The summed E-state index contributed by atoms with van der Waals surface area (Å²) < 4.78 is 27.1. The predicted molar refractivity (Wildman–Crippen MR) is 125 cm³/mol. The quantitative estimate of drug-likeness (QED) is 0.579. The molecule has 1 aliphatic heterocycles. The molecule has 7 heteroatoms. The number of carbonyl (C=O) groups excluding carboxylic acids is 1. The molecule has 1 saturated heterocycles. The van der Waals surface area contributed by atoms with E-state index in [9.17, 15) is 13.2 Å². The van der Waals surface area contributed by atoms with E-state index in [2.05, 4.69) is 11.9 Å². The molecule has 0 aromatic heterocycles. The SMILES string of the molecule is CN(CCN(C)C1CCCCC1)C(=O)CCc1ccc(S(=O)(=O)N2CCCCC2)cc1. The Kier molecular flexibility index (Phi) is 8.93. The number of piperidine rings is 1. The zero-order valence-corrected chi connectivity index (χ0v) is 20.1. The minimum Gasteiger partial charge on any atom is -0.344 e. The first-order valence-electron chi connectivity index (χ1n) is 11.9. The highest BCUT2D eigenvalue weighted by atomic mass is 32.2. The molecule has 0 unspecified atom stereocenters. The van der Waals surface area contributed by atoms with Crippen molar-refractivity contribution in [2.75, 3.05) is 40.3 Å². The van der Waals surface area contributed by atoms with Gasteiger partial charge in [0, 0.05) is 45.7 Å². The highest BCUT2D eigenvalue weighted by Crippen LogP contribution is 2.22. The van der Waals surface area contributed by atoms with Crippen LogP contribution in [0.5, 0.6) is 0 Å².